The molecule has 0 spiro atoms. The topological polar surface area (TPSA) is 69.7 Å². The molecule has 0 radical (unpaired) electrons. The van der Waals surface area contributed by atoms with Crippen LogP contribution in [0.25, 0.3) is 0 Å². The number of benzene rings is 2. The first-order chi connectivity index (χ1) is 13.4. The molecule has 1 N–H and O–H groups in total. The van der Waals surface area contributed by atoms with Crippen LogP contribution in [0.4, 0.5) is 10.1 Å². The van der Waals surface area contributed by atoms with E-state index in [4.69, 9.17) is 0 Å². The normalized spacial score (nSPS) is 15.9. The highest BCUT2D eigenvalue weighted by Gasteiger charge is 2.30. The second-order valence-electron chi connectivity index (χ2n) is 6.92. The fourth-order valence-electron chi connectivity index (χ4n) is 3.23. The Hall–Kier alpha value is -2.45. The van der Waals surface area contributed by atoms with E-state index in [0.717, 1.165) is 30.2 Å². The average Bonchev–Trinajstić information content (AvgIpc) is 2.69. The van der Waals surface area contributed by atoms with Gasteiger partial charge >= 0.3 is 0 Å². The van der Waals surface area contributed by atoms with E-state index in [9.17, 15) is 17.6 Å². The Morgan fingerprint density at radius 2 is 1.71 bits per heavy atom. The molecule has 2 aromatic rings. The number of likely N-dealkylation sites (tertiary alicyclic amines) is 1. The van der Waals surface area contributed by atoms with Gasteiger partial charge in [-0.05, 0) is 57.2 Å². The minimum absolute atomic E-state index is 0.00495. The van der Waals surface area contributed by atoms with Crippen molar-refractivity contribution in [3.8, 4) is 0 Å². The molecular weight excluding hydrogens is 381 g/mol. The molecule has 1 heterocycles. The monoisotopic (exact) mass is 405 g/mol. The Balaban J connectivity index is 1.85. The number of para-hydroxylation sites is 1. The highest BCUT2D eigenvalue weighted by atomic mass is 32.2. The molecule has 1 aliphatic heterocycles. The summed E-state index contributed by atoms with van der Waals surface area (Å²) in [6, 6.07) is 13.3. The maximum atomic E-state index is 14.4. The predicted molar refractivity (Wildman–Crippen MR) is 106 cm³/mol. The van der Waals surface area contributed by atoms with Crippen molar-refractivity contribution in [3.05, 3.63) is 60.4 Å². The van der Waals surface area contributed by atoms with Gasteiger partial charge in [0.1, 0.15) is 12.4 Å². The van der Waals surface area contributed by atoms with Crippen LogP contribution in [0.1, 0.15) is 12.8 Å². The van der Waals surface area contributed by atoms with Crippen molar-refractivity contribution in [1.82, 2.24) is 10.2 Å². The van der Waals surface area contributed by atoms with Gasteiger partial charge in [0.05, 0.1) is 10.6 Å². The van der Waals surface area contributed by atoms with Crippen LogP contribution in [0.3, 0.4) is 0 Å². The molecule has 28 heavy (non-hydrogen) atoms. The molecule has 0 unspecified atom stereocenters. The van der Waals surface area contributed by atoms with E-state index in [1.807, 2.05) is 7.05 Å². The summed E-state index contributed by atoms with van der Waals surface area (Å²) in [6.45, 7) is 1.25. The molecule has 8 heteroatoms. The molecule has 150 valence electrons. The van der Waals surface area contributed by atoms with Crippen molar-refractivity contribution in [3.63, 3.8) is 0 Å². The number of hydrogen-bond donors (Lipinski definition) is 1. The highest BCUT2D eigenvalue weighted by molar-refractivity contribution is 7.92. The van der Waals surface area contributed by atoms with Gasteiger partial charge in [0.2, 0.25) is 5.91 Å². The Labute approximate surface area is 165 Å². The molecule has 1 aliphatic rings. The van der Waals surface area contributed by atoms with Gasteiger partial charge in [-0.1, -0.05) is 30.3 Å². The largest absolute Gasteiger partial charge is 0.352 e. The molecule has 1 amide bonds. The van der Waals surface area contributed by atoms with Crippen molar-refractivity contribution in [1.29, 1.82) is 0 Å². The van der Waals surface area contributed by atoms with Crippen molar-refractivity contribution in [2.75, 3.05) is 31.0 Å². The van der Waals surface area contributed by atoms with Crippen LogP contribution in [0.15, 0.2) is 59.5 Å². The average molecular weight is 405 g/mol. The lowest BCUT2D eigenvalue weighted by Crippen LogP contribution is -2.48. The molecule has 0 bridgehead atoms. The molecule has 0 saturated carbocycles. The minimum atomic E-state index is -4.10. The number of nitrogens with zero attached hydrogens (tertiary/aromatic N) is 2. The number of nitrogens with one attached hydrogen (secondary N) is 1. The zero-order valence-electron chi connectivity index (χ0n) is 15.7. The fraction of sp³-hybridized carbons (Fsp3) is 0.350. The summed E-state index contributed by atoms with van der Waals surface area (Å²) < 4.78 is 41.5. The quantitative estimate of drug-likeness (QED) is 0.800. The van der Waals surface area contributed by atoms with Crippen LogP contribution in [0.2, 0.25) is 0 Å². The van der Waals surface area contributed by atoms with Crippen molar-refractivity contribution >= 4 is 21.6 Å². The van der Waals surface area contributed by atoms with E-state index in [-0.39, 0.29) is 16.6 Å². The van der Waals surface area contributed by atoms with Gasteiger partial charge in [0.15, 0.2) is 0 Å². The van der Waals surface area contributed by atoms with E-state index < -0.39 is 28.3 Å². The number of sulfonamides is 1. The van der Waals surface area contributed by atoms with Gasteiger partial charge in [0.25, 0.3) is 10.0 Å². The van der Waals surface area contributed by atoms with E-state index >= 15 is 0 Å². The molecule has 6 nitrogen and oxygen atoms in total. The Kier molecular flexibility index (Phi) is 6.31. The third-order valence-electron chi connectivity index (χ3n) is 4.82. The van der Waals surface area contributed by atoms with Crippen LogP contribution >= 0.6 is 0 Å². The van der Waals surface area contributed by atoms with E-state index in [1.54, 1.807) is 24.3 Å². The number of carbonyl (C=O) groups excluding carboxylic acids is 1. The Bertz CT molecular complexity index is 913. The minimum Gasteiger partial charge on any atom is -0.352 e. The summed E-state index contributed by atoms with van der Waals surface area (Å²) in [6.07, 6.45) is 1.60. The van der Waals surface area contributed by atoms with Crippen LogP contribution in [-0.4, -0.2) is 51.9 Å². The summed E-state index contributed by atoms with van der Waals surface area (Å²) in [5, 5.41) is 2.89. The lowest BCUT2D eigenvalue weighted by molar-refractivity contribution is -0.120. The van der Waals surface area contributed by atoms with Gasteiger partial charge < -0.3 is 10.2 Å². The van der Waals surface area contributed by atoms with Gasteiger partial charge in [0, 0.05) is 6.04 Å². The summed E-state index contributed by atoms with van der Waals surface area (Å²) in [5.41, 5.74) is -0.148. The molecule has 3 rings (SSSR count). The first-order valence-electron chi connectivity index (χ1n) is 9.18. The van der Waals surface area contributed by atoms with Crippen molar-refractivity contribution < 1.29 is 17.6 Å². The second-order valence-corrected chi connectivity index (χ2v) is 8.78. The number of halogens is 1. The molecule has 0 aromatic heterocycles. The smallest absolute Gasteiger partial charge is 0.264 e. The molecule has 0 atom stereocenters. The van der Waals surface area contributed by atoms with Crippen LogP contribution in [0, 0.1) is 5.82 Å². The summed E-state index contributed by atoms with van der Waals surface area (Å²) in [7, 11) is -2.08. The van der Waals surface area contributed by atoms with Crippen LogP contribution in [-0.2, 0) is 14.8 Å². The number of rotatable bonds is 6. The lowest BCUT2D eigenvalue weighted by atomic mass is 10.1. The standard InChI is InChI=1S/C20H24FN3O3S/c1-23-13-11-16(12-14-23)22-20(25)15-24(19-10-6-5-9-18(19)21)28(26,27)17-7-3-2-4-8-17/h2-10,16H,11-15H2,1H3,(H,22,25). The summed E-state index contributed by atoms with van der Waals surface area (Å²) >= 11 is 0. The first-order valence-corrected chi connectivity index (χ1v) is 10.6. The van der Waals surface area contributed by atoms with Gasteiger partial charge in [-0.2, -0.15) is 0 Å². The van der Waals surface area contributed by atoms with E-state index in [2.05, 4.69) is 10.2 Å². The van der Waals surface area contributed by atoms with Crippen molar-refractivity contribution in [2.24, 2.45) is 0 Å². The van der Waals surface area contributed by atoms with E-state index in [1.165, 1.54) is 30.3 Å². The molecule has 2 aromatic carbocycles. The number of hydrogen-bond acceptors (Lipinski definition) is 4. The zero-order valence-corrected chi connectivity index (χ0v) is 16.5. The Morgan fingerprint density at radius 1 is 1.11 bits per heavy atom. The van der Waals surface area contributed by atoms with Gasteiger partial charge in [-0.15, -0.1) is 0 Å². The number of anilines is 1. The van der Waals surface area contributed by atoms with Crippen LogP contribution in [0.5, 0.6) is 0 Å². The lowest BCUT2D eigenvalue weighted by Gasteiger charge is -2.30. The molecule has 1 saturated heterocycles. The maximum absolute atomic E-state index is 14.4. The van der Waals surface area contributed by atoms with Gasteiger partial charge in [-0.3, -0.25) is 9.10 Å². The second kappa shape index (κ2) is 8.70. The maximum Gasteiger partial charge on any atom is 0.264 e. The number of amides is 1. The first kappa shape index (κ1) is 20.3. The van der Waals surface area contributed by atoms with Crippen molar-refractivity contribution in [2.45, 2.75) is 23.8 Å². The third-order valence-corrected chi connectivity index (χ3v) is 6.60. The third kappa shape index (κ3) is 4.69. The van der Waals surface area contributed by atoms with E-state index in [0.29, 0.717) is 0 Å². The fourth-order valence-corrected chi connectivity index (χ4v) is 4.68. The number of carbonyl (C=O) groups is 1. The summed E-state index contributed by atoms with van der Waals surface area (Å²) in [4.78, 5) is 14.8. The molecular formula is C20H24FN3O3S. The molecule has 1 fully saturated rings. The van der Waals surface area contributed by atoms with Crippen LogP contribution < -0.4 is 9.62 Å². The summed E-state index contributed by atoms with van der Waals surface area (Å²) in [5.74, 6) is -1.15. The Morgan fingerprint density at radius 3 is 2.36 bits per heavy atom. The highest BCUT2D eigenvalue weighted by Crippen LogP contribution is 2.26. The SMILES string of the molecule is CN1CCC(NC(=O)CN(c2ccccc2F)S(=O)(=O)c2ccccc2)CC1. The molecule has 0 aliphatic carbocycles. The number of piperidine rings is 1. The predicted octanol–water partition coefficient (Wildman–Crippen LogP) is 2.23. The van der Waals surface area contributed by atoms with Gasteiger partial charge in [-0.25, -0.2) is 12.8 Å². The zero-order chi connectivity index (χ0) is 20.1.